The van der Waals surface area contributed by atoms with Gasteiger partial charge in [0, 0.05) is 31.1 Å². The van der Waals surface area contributed by atoms with E-state index in [1.54, 1.807) is 18.4 Å². The molecule has 1 N–H and O–H groups in total. The van der Waals surface area contributed by atoms with Crippen molar-refractivity contribution < 1.29 is 4.74 Å². The van der Waals surface area contributed by atoms with E-state index in [2.05, 4.69) is 29.4 Å². The molecular weight excluding hydrogens is 256 g/mol. The van der Waals surface area contributed by atoms with E-state index in [-0.39, 0.29) is 12.1 Å². The number of ether oxygens (including phenoxy) is 1. The zero-order valence-corrected chi connectivity index (χ0v) is 12.2. The lowest BCUT2D eigenvalue weighted by Gasteiger charge is -2.26. The molecule has 2 aromatic rings. The molecule has 2 atom stereocenters. The largest absolute Gasteiger partial charge is 0.375 e. The summed E-state index contributed by atoms with van der Waals surface area (Å²) < 4.78 is 5.71. The summed E-state index contributed by atoms with van der Waals surface area (Å²) >= 11 is 1.69. The Hall–Kier alpha value is -1.23. The van der Waals surface area contributed by atoms with Gasteiger partial charge in [0.05, 0.1) is 11.1 Å². The fraction of sp³-hybridized carbons (Fsp3) is 0.400. The van der Waals surface area contributed by atoms with Crippen LogP contribution in [0.25, 0.3) is 0 Å². The number of benzene rings is 1. The van der Waals surface area contributed by atoms with E-state index in [9.17, 15) is 0 Å². The molecule has 0 aliphatic carbocycles. The number of nitrogens with one attached hydrogen (secondary N) is 1. The van der Waals surface area contributed by atoms with E-state index in [0.717, 1.165) is 18.0 Å². The molecule has 0 aliphatic heterocycles. The van der Waals surface area contributed by atoms with Gasteiger partial charge in [-0.15, -0.1) is 11.3 Å². The maximum Gasteiger partial charge on any atom is 0.0978 e. The molecule has 3 nitrogen and oxygen atoms in total. The highest BCUT2D eigenvalue weighted by molar-refractivity contribution is 7.09. The number of nitrogens with zero attached hydrogens (tertiary/aromatic N) is 1. The van der Waals surface area contributed by atoms with E-state index in [4.69, 9.17) is 4.74 Å². The minimum atomic E-state index is 0.0463. The van der Waals surface area contributed by atoms with Crippen molar-refractivity contribution >= 4 is 11.3 Å². The van der Waals surface area contributed by atoms with Crippen molar-refractivity contribution in [2.45, 2.75) is 25.5 Å². The highest BCUT2D eigenvalue weighted by atomic mass is 32.1. The van der Waals surface area contributed by atoms with Crippen molar-refractivity contribution in [2.75, 3.05) is 13.7 Å². The van der Waals surface area contributed by atoms with E-state index >= 15 is 0 Å². The number of hydrogen-bond acceptors (Lipinski definition) is 4. The third-order valence-corrected chi connectivity index (χ3v) is 3.89. The van der Waals surface area contributed by atoms with Gasteiger partial charge in [-0.3, -0.25) is 0 Å². The summed E-state index contributed by atoms with van der Waals surface area (Å²) in [7, 11) is 1.77. The predicted molar refractivity (Wildman–Crippen MR) is 79.5 cm³/mol. The van der Waals surface area contributed by atoms with Gasteiger partial charge in [-0.2, -0.15) is 0 Å². The molecule has 0 bridgehead atoms. The maximum atomic E-state index is 5.71. The molecular formula is C15H20N2OS. The Bertz CT molecular complexity index is 458. The van der Waals surface area contributed by atoms with Crippen molar-refractivity contribution in [1.82, 2.24) is 10.3 Å². The number of thiazole rings is 1. The Morgan fingerprint density at radius 1 is 1.32 bits per heavy atom. The van der Waals surface area contributed by atoms with Gasteiger partial charge >= 0.3 is 0 Å². The minimum absolute atomic E-state index is 0.0463. The lowest BCUT2D eigenvalue weighted by Crippen LogP contribution is -2.37. The van der Waals surface area contributed by atoms with Crippen molar-refractivity contribution in [3.8, 4) is 0 Å². The van der Waals surface area contributed by atoms with Gasteiger partial charge in [-0.05, 0) is 12.1 Å². The molecule has 0 spiro atoms. The smallest absolute Gasteiger partial charge is 0.0978 e. The number of aromatic nitrogens is 1. The summed E-state index contributed by atoms with van der Waals surface area (Å²) in [6.45, 7) is 3.04. The Kier molecular flexibility index (Phi) is 5.51. The van der Waals surface area contributed by atoms with Crippen LogP contribution in [0.1, 0.15) is 23.6 Å². The Labute approximate surface area is 118 Å². The molecule has 2 unspecified atom stereocenters. The first-order chi connectivity index (χ1) is 9.35. The summed E-state index contributed by atoms with van der Waals surface area (Å²) in [6.07, 6.45) is 2.79. The first-order valence-corrected chi connectivity index (χ1v) is 7.42. The Balaban J connectivity index is 2.16. The number of hydrogen-bond donors (Lipinski definition) is 1. The molecule has 0 aliphatic rings. The van der Waals surface area contributed by atoms with Crippen molar-refractivity contribution in [2.24, 2.45) is 0 Å². The monoisotopic (exact) mass is 276 g/mol. The van der Waals surface area contributed by atoms with Crippen LogP contribution in [0.15, 0.2) is 41.9 Å². The standard InChI is InChI=1S/C15H20N2OS/c1-3-16-13(11-14-17-9-10-19-14)15(18-2)12-7-5-4-6-8-12/h4-10,13,15-16H,3,11H2,1-2H3. The van der Waals surface area contributed by atoms with E-state index in [1.807, 2.05) is 29.8 Å². The summed E-state index contributed by atoms with van der Waals surface area (Å²) in [5.41, 5.74) is 1.20. The normalized spacial score (nSPS) is 14.2. The Morgan fingerprint density at radius 2 is 2.11 bits per heavy atom. The van der Waals surface area contributed by atoms with Crippen molar-refractivity contribution in [3.05, 3.63) is 52.5 Å². The van der Waals surface area contributed by atoms with E-state index in [0.29, 0.717) is 0 Å². The van der Waals surface area contributed by atoms with E-state index in [1.165, 1.54) is 5.56 Å². The van der Waals surface area contributed by atoms with Crippen LogP contribution in [-0.4, -0.2) is 24.7 Å². The van der Waals surface area contributed by atoms with Gasteiger partial charge < -0.3 is 10.1 Å². The van der Waals surface area contributed by atoms with E-state index < -0.39 is 0 Å². The van der Waals surface area contributed by atoms with Crippen LogP contribution in [0.2, 0.25) is 0 Å². The average molecular weight is 276 g/mol. The first-order valence-electron chi connectivity index (χ1n) is 6.54. The molecule has 1 heterocycles. The molecule has 0 amide bonds. The van der Waals surface area contributed by atoms with Crippen LogP contribution in [0.3, 0.4) is 0 Å². The summed E-state index contributed by atoms with van der Waals surface area (Å²) in [5.74, 6) is 0. The molecule has 0 fully saturated rings. The molecule has 0 radical (unpaired) electrons. The van der Waals surface area contributed by atoms with Crippen molar-refractivity contribution in [3.63, 3.8) is 0 Å². The fourth-order valence-electron chi connectivity index (χ4n) is 2.27. The lowest BCUT2D eigenvalue weighted by atomic mass is 9.99. The second kappa shape index (κ2) is 7.38. The van der Waals surface area contributed by atoms with Crippen molar-refractivity contribution in [1.29, 1.82) is 0 Å². The van der Waals surface area contributed by atoms with Crippen LogP contribution < -0.4 is 5.32 Å². The molecule has 19 heavy (non-hydrogen) atoms. The third kappa shape index (κ3) is 3.86. The van der Waals surface area contributed by atoms with Crippen LogP contribution in [0.4, 0.5) is 0 Å². The highest BCUT2D eigenvalue weighted by Crippen LogP contribution is 2.23. The summed E-state index contributed by atoms with van der Waals surface area (Å²) in [4.78, 5) is 4.37. The van der Waals surface area contributed by atoms with Gasteiger partial charge in [0.15, 0.2) is 0 Å². The zero-order valence-electron chi connectivity index (χ0n) is 11.4. The number of rotatable bonds is 7. The maximum absolute atomic E-state index is 5.71. The van der Waals surface area contributed by atoms with Crippen LogP contribution in [-0.2, 0) is 11.2 Å². The fourth-order valence-corrected chi connectivity index (χ4v) is 2.94. The molecule has 1 aromatic carbocycles. The van der Waals surface area contributed by atoms with Gasteiger partial charge in [-0.25, -0.2) is 4.98 Å². The second-order valence-electron chi connectivity index (χ2n) is 4.36. The van der Waals surface area contributed by atoms with Crippen LogP contribution in [0.5, 0.6) is 0 Å². The SMILES string of the molecule is CCNC(Cc1nccs1)C(OC)c1ccccc1. The molecule has 2 rings (SSSR count). The first kappa shape index (κ1) is 14.2. The average Bonchev–Trinajstić information content (AvgIpc) is 2.94. The quantitative estimate of drug-likeness (QED) is 0.844. The van der Waals surface area contributed by atoms with Gasteiger partial charge in [-0.1, -0.05) is 37.3 Å². The van der Waals surface area contributed by atoms with Gasteiger partial charge in [0.2, 0.25) is 0 Å². The second-order valence-corrected chi connectivity index (χ2v) is 5.34. The summed E-state index contributed by atoms with van der Waals surface area (Å²) in [6, 6.07) is 10.6. The molecule has 0 saturated carbocycles. The zero-order chi connectivity index (χ0) is 13.5. The number of likely N-dealkylation sites (N-methyl/N-ethyl adjacent to an activating group) is 1. The van der Waals surface area contributed by atoms with Gasteiger partial charge in [0.25, 0.3) is 0 Å². The highest BCUT2D eigenvalue weighted by Gasteiger charge is 2.23. The topological polar surface area (TPSA) is 34.2 Å². The Morgan fingerprint density at radius 3 is 2.68 bits per heavy atom. The minimum Gasteiger partial charge on any atom is -0.375 e. The molecule has 4 heteroatoms. The molecule has 102 valence electrons. The molecule has 1 aromatic heterocycles. The molecule has 0 saturated heterocycles. The predicted octanol–water partition coefficient (Wildman–Crippen LogP) is 3.05. The van der Waals surface area contributed by atoms with Crippen LogP contribution in [0, 0.1) is 0 Å². The lowest BCUT2D eigenvalue weighted by molar-refractivity contribution is 0.0683. The van der Waals surface area contributed by atoms with Crippen LogP contribution >= 0.6 is 11.3 Å². The third-order valence-electron chi connectivity index (χ3n) is 3.09. The number of methoxy groups -OCH3 is 1. The van der Waals surface area contributed by atoms with Gasteiger partial charge in [0.1, 0.15) is 0 Å². The summed E-state index contributed by atoms with van der Waals surface area (Å²) in [5, 5.41) is 6.67.